The van der Waals surface area contributed by atoms with Gasteiger partial charge in [-0.15, -0.1) is 5.10 Å². The molecule has 6 nitrogen and oxygen atoms in total. The molecule has 0 fully saturated rings. The molecular weight excluding hydrogens is 318 g/mol. The second-order valence-corrected chi connectivity index (χ2v) is 5.08. The molecule has 3 aromatic carbocycles. The Morgan fingerprint density at radius 2 is 1.60 bits per heavy atom. The monoisotopic (exact) mass is 331 g/mol. The minimum atomic E-state index is 0.250. The molecule has 0 radical (unpaired) electrons. The van der Waals surface area contributed by atoms with E-state index in [0.29, 0.717) is 5.88 Å². The van der Waals surface area contributed by atoms with Crippen molar-refractivity contribution in [2.24, 2.45) is 0 Å². The molecule has 4 rings (SSSR count). The SMILES string of the molecule is O=C=O.c1cc(Oc2cn[nH]n2)cc(-c2ccc3ccccc3c2)c1. The topological polar surface area (TPSA) is 84.9 Å². The van der Waals surface area contributed by atoms with Crippen molar-refractivity contribution in [2.45, 2.75) is 0 Å². The number of carbonyl (C=O) groups excluding carboxylic acids is 2. The van der Waals surface area contributed by atoms with Gasteiger partial charge >= 0.3 is 6.15 Å². The second kappa shape index (κ2) is 7.68. The van der Waals surface area contributed by atoms with Crippen molar-refractivity contribution >= 4 is 16.9 Å². The van der Waals surface area contributed by atoms with Crippen molar-refractivity contribution in [2.75, 3.05) is 0 Å². The highest BCUT2D eigenvalue weighted by Crippen LogP contribution is 2.28. The fourth-order valence-electron chi connectivity index (χ4n) is 2.47. The zero-order valence-electron chi connectivity index (χ0n) is 13.0. The summed E-state index contributed by atoms with van der Waals surface area (Å²) in [5.41, 5.74) is 2.26. The molecule has 0 aliphatic carbocycles. The number of hydrogen-bond acceptors (Lipinski definition) is 5. The molecule has 0 unspecified atom stereocenters. The fraction of sp³-hybridized carbons (Fsp3) is 0. The van der Waals surface area contributed by atoms with Crippen LogP contribution < -0.4 is 4.74 Å². The summed E-state index contributed by atoms with van der Waals surface area (Å²) in [5, 5.41) is 12.6. The minimum absolute atomic E-state index is 0.250. The largest absolute Gasteiger partial charge is 0.436 e. The highest BCUT2D eigenvalue weighted by Gasteiger charge is 2.04. The third-order valence-corrected chi connectivity index (χ3v) is 3.53. The first-order valence-corrected chi connectivity index (χ1v) is 7.42. The molecule has 0 atom stereocenters. The van der Waals surface area contributed by atoms with Crippen LogP contribution in [0.2, 0.25) is 0 Å². The van der Waals surface area contributed by atoms with Crippen LogP contribution in [-0.2, 0) is 9.59 Å². The van der Waals surface area contributed by atoms with Crippen molar-refractivity contribution < 1.29 is 14.3 Å². The van der Waals surface area contributed by atoms with E-state index >= 15 is 0 Å². The number of rotatable bonds is 3. The normalized spacial score (nSPS) is 9.76. The van der Waals surface area contributed by atoms with Crippen LogP contribution in [0.4, 0.5) is 0 Å². The summed E-state index contributed by atoms with van der Waals surface area (Å²) in [7, 11) is 0. The lowest BCUT2D eigenvalue weighted by Crippen LogP contribution is -1.85. The molecule has 6 heteroatoms. The molecule has 0 saturated heterocycles. The quantitative estimate of drug-likeness (QED) is 0.616. The van der Waals surface area contributed by atoms with Crippen molar-refractivity contribution in [3.05, 3.63) is 72.9 Å². The Labute approximate surface area is 143 Å². The second-order valence-electron chi connectivity index (χ2n) is 5.08. The van der Waals surface area contributed by atoms with Gasteiger partial charge in [0.1, 0.15) is 11.9 Å². The van der Waals surface area contributed by atoms with Gasteiger partial charge in [-0.2, -0.15) is 19.9 Å². The molecule has 4 aromatic rings. The number of H-pyrrole nitrogens is 1. The maximum Gasteiger partial charge on any atom is 0.373 e. The summed E-state index contributed by atoms with van der Waals surface area (Å²) in [4.78, 5) is 16.2. The zero-order valence-corrected chi connectivity index (χ0v) is 13.0. The maximum absolute atomic E-state index is 8.12. The van der Waals surface area contributed by atoms with Gasteiger partial charge < -0.3 is 4.74 Å². The molecule has 0 bridgehead atoms. The Balaban J connectivity index is 0.000000569. The fourth-order valence-corrected chi connectivity index (χ4v) is 2.47. The summed E-state index contributed by atoms with van der Waals surface area (Å²) in [6, 6.07) is 22.7. The van der Waals surface area contributed by atoms with Gasteiger partial charge in [0.25, 0.3) is 5.88 Å². The lowest BCUT2D eigenvalue weighted by molar-refractivity contribution is -0.191. The predicted octanol–water partition coefficient (Wildman–Crippen LogP) is 3.83. The lowest BCUT2D eigenvalue weighted by atomic mass is 10.0. The van der Waals surface area contributed by atoms with E-state index in [1.165, 1.54) is 10.8 Å². The van der Waals surface area contributed by atoms with Crippen LogP contribution in [0.3, 0.4) is 0 Å². The summed E-state index contributed by atoms with van der Waals surface area (Å²) in [6.07, 6.45) is 1.79. The average Bonchev–Trinajstić information content (AvgIpc) is 3.15. The van der Waals surface area contributed by atoms with E-state index in [2.05, 4.69) is 57.9 Å². The Morgan fingerprint density at radius 3 is 2.36 bits per heavy atom. The van der Waals surface area contributed by atoms with Crippen LogP contribution in [0.5, 0.6) is 11.6 Å². The van der Waals surface area contributed by atoms with Gasteiger partial charge in [-0.3, -0.25) is 0 Å². The molecule has 1 aromatic heterocycles. The van der Waals surface area contributed by atoms with Gasteiger partial charge in [-0.25, -0.2) is 0 Å². The van der Waals surface area contributed by atoms with Crippen LogP contribution >= 0.6 is 0 Å². The molecule has 0 aliphatic heterocycles. The van der Waals surface area contributed by atoms with Crippen molar-refractivity contribution in [1.82, 2.24) is 15.4 Å². The van der Waals surface area contributed by atoms with Crippen LogP contribution in [0.1, 0.15) is 0 Å². The van der Waals surface area contributed by atoms with Crippen LogP contribution in [-0.4, -0.2) is 21.6 Å². The van der Waals surface area contributed by atoms with E-state index in [-0.39, 0.29) is 6.15 Å². The number of hydrogen-bond donors (Lipinski definition) is 1. The third-order valence-electron chi connectivity index (χ3n) is 3.53. The van der Waals surface area contributed by atoms with E-state index in [0.717, 1.165) is 16.9 Å². The molecule has 1 N–H and O–H groups in total. The minimum Gasteiger partial charge on any atom is -0.436 e. The standard InChI is InChI=1S/C18H13N3O.CO2/c1-2-5-14-10-16(9-8-13(14)4-1)15-6-3-7-17(11-15)22-18-12-19-21-20-18;2-1-3/h1-12H,(H,19,20,21);. The number of nitrogens with one attached hydrogen (secondary N) is 1. The summed E-state index contributed by atoms with van der Waals surface area (Å²) in [5.74, 6) is 1.19. The molecule has 122 valence electrons. The smallest absolute Gasteiger partial charge is 0.373 e. The van der Waals surface area contributed by atoms with E-state index in [1.807, 2.05) is 24.3 Å². The Kier molecular flexibility index (Phi) is 4.95. The number of benzene rings is 3. The first-order chi connectivity index (χ1) is 12.3. The highest BCUT2D eigenvalue weighted by atomic mass is 16.5. The van der Waals surface area contributed by atoms with E-state index in [9.17, 15) is 0 Å². The van der Waals surface area contributed by atoms with Crippen LogP contribution in [0, 0.1) is 0 Å². The number of aromatic amines is 1. The summed E-state index contributed by atoms with van der Waals surface area (Å²) >= 11 is 0. The highest BCUT2D eigenvalue weighted by molar-refractivity contribution is 5.87. The van der Waals surface area contributed by atoms with Crippen LogP contribution in [0.25, 0.3) is 21.9 Å². The lowest BCUT2D eigenvalue weighted by Gasteiger charge is -2.07. The maximum atomic E-state index is 8.12. The summed E-state index contributed by atoms with van der Waals surface area (Å²) in [6.45, 7) is 0. The Hall–Kier alpha value is -3.76. The molecule has 1 heterocycles. The van der Waals surface area contributed by atoms with Gasteiger partial charge in [0, 0.05) is 0 Å². The van der Waals surface area contributed by atoms with Gasteiger partial charge in [0.15, 0.2) is 0 Å². The predicted molar refractivity (Wildman–Crippen MR) is 90.8 cm³/mol. The molecule has 0 spiro atoms. The third kappa shape index (κ3) is 3.96. The molecular formula is C19H13N3O3. The van der Waals surface area contributed by atoms with Gasteiger partial charge in [-0.1, -0.05) is 48.5 Å². The average molecular weight is 331 g/mol. The van der Waals surface area contributed by atoms with Crippen molar-refractivity contribution in [3.8, 4) is 22.8 Å². The molecule has 0 amide bonds. The molecule has 0 aliphatic rings. The van der Waals surface area contributed by atoms with E-state index in [1.54, 1.807) is 6.20 Å². The van der Waals surface area contributed by atoms with Gasteiger partial charge in [0.2, 0.25) is 0 Å². The number of nitrogens with zero attached hydrogens (tertiary/aromatic N) is 2. The van der Waals surface area contributed by atoms with E-state index < -0.39 is 0 Å². The van der Waals surface area contributed by atoms with Gasteiger partial charge in [0.05, 0.1) is 0 Å². The Bertz CT molecular complexity index is 1010. The van der Waals surface area contributed by atoms with Crippen LogP contribution in [0.15, 0.2) is 72.9 Å². The molecule has 25 heavy (non-hydrogen) atoms. The first kappa shape index (κ1) is 16.1. The number of aromatic nitrogens is 3. The summed E-state index contributed by atoms with van der Waals surface area (Å²) < 4.78 is 5.66. The Morgan fingerprint density at radius 1 is 0.840 bits per heavy atom. The van der Waals surface area contributed by atoms with Crippen molar-refractivity contribution in [3.63, 3.8) is 0 Å². The van der Waals surface area contributed by atoms with E-state index in [4.69, 9.17) is 14.3 Å². The zero-order chi connectivity index (χ0) is 17.5. The molecule has 0 saturated carbocycles. The van der Waals surface area contributed by atoms with Crippen molar-refractivity contribution in [1.29, 1.82) is 0 Å². The number of fused-ring (bicyclic) bond motifs is 1. The number of ether oxygens (including phenoxy) is 1. The van der Waals surface area contributed by atoms with Gasteiger partial charge in [-0.05, 0) is 40.1 Å². The first-order valence-electron chi connectivity index (χ1n) is 7.42.